The Balaban J connectivity index is 1.91. The highest BCUT2D eigenvalue weighted by molar-refractivity contribution is 6.01. The number of hydrogen-bond acceptors (Lipinski definition) is 4. The van der Waals surface area contributed by atoms with E-state index in [4.69, 9.17) is 4.74 Å². The minimum absolute atomic E-state index is 0.0699. The Bertz CT molecular complexity index is 705. The molecule has 24 heavy (non-hydrogen) atoms. The average Bonchev–Trinajstić information content (AvgIpc) is 3.09. The first-order chi connectivity index (χ1) is 11.5. The van der Waals surface area contributed by atoms with Crippen LogP contribution in [0.3, 0.4) is 0 Å². The molecule has 0 unspecified atom stereocenters. The molecule has 0 aliphatic rings. The topological polar surface area (TPSA) is 88.3 Å². The van der Waals surface area contributed by atoms with Crippen LogP contribution in [0.4, 0.5) is 0 Å². The fourth-order valence-corrected chi connectivity index (χ4v) is 2.19. The summed E-state index contributed by atoms with van der Waals surface area (Å²) in [5.41, 5.74) is 1.80. The van der Waals surface area contributed by atoms with Crippen molar-refractivity contribution in [1.29, 1.82) is 0 Å². The highest BCUT2D eigenvalue weighted by Gasteiger charge is 2.20. The zero-order valence-corrected chi connectivity index (χ0v) is 13.7. The summed E-state index contributed by atoms with van der Waals surface area (Å²) in [6.07, 6.45) is 1.43. The van der Waals surface area contributed by atoms with Gasteiger partial charge in [0.1, 0.15) is 5.69 Å². The van der Waals surface area contributed by atoms with Crippen molar-refractivity contribution < 1.29 is 19.1 Å². The van der Waals surface area contributed by atoms with Crippen LogP contribution in [0.15, 0.2) is 42.6 Å². The first kappa shape index (κ1) is 17.5. The molecule has 0 bridgehead atoms. The van der Waals surface area contributed by atoms with Gasteiger partial charge in [-0.15, -0.1) is 0 Å². The predicted molar refractivity (Wildman–Crippen MR) is 88.8 cm³/mol. The summed E-state index contributed by atoms with van der Waals surface area (Å²) in [7, 11) is 0. The molecule has 1 amide bonds. The van der Waals surface area contributed by atoms with Crippen molar-refractivity contribution in [3.8, 4) is 0 Å². The summed E-state index contributed by atoms with van der Waals surface area (Å²) in [6, 6.07) is 10.3. The van der Waals surface area contributed by atoms with E-state index in [1.165, 1.54) is 6.92 Å². The summed E-state index contributed by atoms with van der Waals surface area (Å²) in [6.45, 7) is 3.57. The molecule has 1 aromatic heterocycles. The SMILES string of the molecule is CC(=O)NCCc1ccc(C(=O)[C@H](C)OC(=O)c2ccc[nH]2)cc1. The Morgan fingerprint density at radius 1 is 1.17 bits per heavy atom. The van der Waals surface area contributed by atoms with Gasteiger partial charge in [0.2, 0.25) is 11.7 Å². The van der Waals surface area contributed by atoms with E-state index in [1.54, 1.807) is 37.4 Å². The molecule has 0 saturated heterocycles. The van der Waals surface area contributed by atoms with Crippen molar-refractivity contribution in [3.63, 3.8) is 0 Å². The molecule has 2 aromatic rings. The molecular weight excluding hydrogens is 308 g/mol. The third-order valence-electron chi connectivity index (χ3n) is 3.50. The quantitative estimate of drug-likeness (QED) is 0.602. The number of hydrogen-bond donors (Lipinski definition) is 2. The highest BCUT2D eigenvalue weighted by atomic mass is 16.5. The van der Waals surface area contributed by atoms with Crippen LogP contribution in [-0.4, -0.2) is 35.3 Å². The Hall–Kier alpha value is -2.89. The molecule has 2 N–H and O–H groups in total. The fraction of sp³-hybridized carbons (Fsp3) is 0.278. The number of carbonyl (C=O) groups excluding carboxylic acids is 3. The van der Waals surface area contributed by atoms with Crippen LogP contribution in [0.1, 0.15) is 40.3 Å². The zero-order chi connectivity index (χ0) is 17.5. The van der Waals surface area contributed by atoms with Gasteiger partial charge in [-0.05, 0) is 31.0 Å². The van der Waals surface area contributed by atoms with Gasteiger partial charge in [-0.2, -0.15) is 0 Å². The molecule has 0 saturated carbocycles. The van der Waals surface area contributed by atoms with Crippen molar-refractivity contribution in [2.75, 3.05) is 6.54 Å². The van der Waals surface area contributed by atoms with Crippen LogP contribution in [0.2, 0.25) is 0 Å². The van der Waals surface area contributed by atoms with Crippen LogP contribution >= 0.6 is 0 Å². The monoisotopic (exact) mass is 328 g/mol. The predicted octanol–water partition coefficient (Wildman–Crippen LogP) is 2.12. The smallest absolute Gasteiger partial charge is 0.355 e. The second kappa shape index (κ2) is 8.10. The number of benzene rings is 1. The molecule has 6 heteroatoms. The standard InChI is InChI=1S/C18H20N2O4/c1-12(24-18(23)16-4-3-10-20-16)17(22)15-7-5-14(6-8-15)9-11-19-13(2)21/h3-8,10,12,20H,9,11H2,1-2H3,(H,19,21)/t12-/m0/s1. The van der Waals surface area contributed by atoms with Gasteiger partial charge in [0, 0.05) is 25.2 Å². The maximum Gasteiger partial charge on any atom is 0.355 e. The molecule has 1 heterocycles. The fourth-order valence-electron chi connectivity index (χ4n) is 2.19. The summed E-state index contributed by atoms with van der Waals surface area (Å²) < 4.78 is 5.17. The van der Waals surface area contributed by atoms with Gasteiger partial charge in [-0.3, -0.25) is 9.59 Å². The van der Waals surface area contributed by atoms with E-state index in [9.17, 15) is 14.4 Å². The molecular formula is C18H20N2O4. The summed E-state index contributed by atoms with van der Waals surface area (Å²) in [5.74, 6) is -0.893. The van der Waals surface area contributed by atoms with E-state index in [2.05, 4.69) is 10.3 Å². The van der Waals surface area contributed by atoms with Crippen molar-refractivity contribution >= 4 is 17.7 Å². The number of carbonyl (C=O) groups is 3. The molecule has 0 aliphatic carbocycles. The summed E-state index contributed by atoms with van der Waals surface area (Å²) in [5, 5.41) is 2.72. The number of ether oxygens (including phenoxy) is 1. The third-order valence-corrected chi connectivity index (χ3v) is 3.50. The lowest BCUT2D eigenvalue weighted by Gasteiger charge is -2.12. The Morgan fingerprint density at radius 3 is 2.46 bits per heavy atom. The summed E-state index contributed by atoms with van der Waals surface area (Å²) in [4.78, 5) is 37.7. The Labute approximate surface area is 140 Å². The van der Waals surface area contributed by atoms with Crippen LogP contribution in [0.5, 0.6) is 0 Å². The van der Waals surface area contributed by atoms with Crippen molar-refractivity contribution in [2.24, 2.45) is 0 Å². The minimum Gasteiger partial charge on any atom is -0.450 e. The average molecular weight is 328 g/mol. The van der Waals surface area contributed by atoms with E-state index in [-0.39, 0.29) is 11.7 Å². The Kier molecular flexibility index (Phi) is 5.89. The largest absolute Gasteiger partial charge is 0.450 e. The van der Waals surface area contributed by atoms with E-state index in [0.29, 0.717) is 24.2 Å². The molecule has 1 aromatic carbocycles. The van der Waals surface area contributed by atoms with E-state index in [0.717, 1.165) is 5.56 Å². The van der Waals surface area contributed by atoms with Gasteiger partial charge >= 0.3 is 5.97 Å². The van der Waals surface area contributed by atoms with Crippen molar-refractivity contribution in [3.05, 3.63) is 59.4 Å². The number of aromatic nitrogens is 1. The normalized spacial score (nSPS) is 11.6. The highest BCUT2D eigenvalue weighted by Crippen LogP contribution is 2.11. The van der Waals surface area contributed by atoms with E-state index in [1.807, 2.05) is 12.1 Å². The number of esters is 1. The number of amides is 1. The number of rotatable bonds is 7. The maximum absolute atomic E-state index is 12.3. The lowest BCUT2D eigenvalue weighted by atomic mass is 10.0. The molecule has 0 fully saturated rings. The molecule has 126 valence electrons. The molecule has 0 spiro atoms. The van der Waals surface area contributed by atoms with Gasteiger partial charge in [0.05, 0.1) is 0 Å². The Morgan fingerprint density at radius 2 is 1.88 bits per heavy atom. The van der Waals surface area contributed by atoms with Crippen molar-refractivity contribution in [1.82, 2.24) is 10.3 Å². The zero-order valence-electron chi connectivity index (χ0n) is 13.7. The van der Waals surface area contributed by atoms with Gasteiger partial charge in [0.25, 0.3) is 0 Å². The number of H-pyrrole nitrogens is 1. The number of ketones is 1. The van der Waals surface area contributed by atoms with Gasteiger partial charge in [-0.25, -0.2) is 4.79 Å². The van der Waals surface area contributed by atoms with Crippen molar-refractivity contribution in [2.45, 2.75) is 26.4 Å². The van der Waals surface area contributed by atoms with Crippen LogP contribution < -0.4 is 5.32 Å². The summed E-state index contributed by atoms with van der Waals surface area (Å²) >= 11 is 0. The van der Waals surface area contributed by atoms with Gasteiger partial charge in [-0.1, -0.05) is 24.3 Å². The lowest BCUT2D eigenvalue weighted by molar-refractivity contribution is -0.118. The third kappa shape index (κ3) is 4.81. The van der Waals surface area contributed by atoms with Gasteiger partial charge < -0.3 is 15.0 Å². The second-order valence-corrected chi connectivity index (χ2v) is 5.43. The first-order valence-corrected chi connectivity index (χ1v) is 7.69. The van der Waals surface area contributed by atoms with Crippen LogP contribution in [0.25, 0.3) is 0 Å². The lowest BCUT2D eigenvalue weighted by Crippen LogP contribution is -2.24. The van der Waals surface area contributed by atoms with Crippen LogP contribution in [0, 0.1) is 0 Å². The van der Waals surface area contributed by atoms with Crippen LogP contribution in [-0.2, 0) is 16.0 Å². The van der Waals surface area contributed by atoms with E-state index < -0.39 is 12.1 Å². The number of aromatic amines is 1. The number of nitrogens with one attached hydrogen (secondary N) is 2. The molecule has 0 radical (unpaired) electrons. The minimum atomic E-state index is -0.869. The first-order valence-electron chi connectivity index (χ1n) is 7.69. The van der Waals surface area contributed by atoms with Gasteiger partial charge in [0.15, 0.2) is 6.10 Å². The number of Topliss-reactive ketones (excluding diaryl/α,β-unsaturated/α-hetero) is 1. The van der Waals surface area contributed by atoms with E-state index >= 15 is 0 Å². The maximum atomic E-state index is 12.3. The molecule has 0 aliphatic heterocycles. The molecule has 1 atom stereocenters. The molecule has 2 rings (SSSR count). The molecule has 6 nitrogen and oxygen atoms in total. The second-order valence-electron chi connectivity index (χ2n) is 5.43.